The Balaban J connectivity index is 2.99. The van der Waals surface area contributed by atoms with Gasteiger partial charge in [0.25, 0.3) is 0 Å². The van der Waals surface area contributed by atoms with E-state index in [2.05, 4.69) is 31.0 Å². The summed E-state index contributed by atoms with van der Waals surface area (Å²) in [5.41, 5.74) is -0.223. The number of carboxylic acid groups (broad SMARTS) is 1. The summed E-state index contributed by atoms with van der Waals surface area (Å²) in [7, 11) is 1.72. The Hall–Kier alpha value is -1.39. The second-order valence-electron chi connectivity index (χ2n) is 5.30. The molecule has 20 heavy (non-hydrogen) atoms. The van der Waals surface area contributed by atoms with Crippen molar-refractivity contribution in [3.05, 3.63) is 35.9 Å². The van der Waals surface area contributed by atoms with Gasteiger partial charge in [0.05, 0.1) is 0 Å². The molecule has 0 aliphatic heterocycles. The Labute approximate surface area is 121 Å². The molecule has 1 atom stereocenters. The van der Waals surface area contributed by atoms with Crippen molar-refractivity contribution >= 4 is 5.97 Å². The quantitative estimate of drug-likeness (QED) is 0.766. The molecule has 0 bridgehead atoms. The fourth-order valence-corrected chi connectivity index (χ4v) is 2.57. The summed E-state index contributed by atoms with van der Waals surface area (Å²) in [6.45, 7) is 8.04. The summed E-state index contributed by atoms with van der Waals surface area (Å²) in [5.74, 6) is -0.828. The molecular formula is C16H26N2O2. The molecule has 4 nitrogen and oxygen atoms in total. The second kappa shape index (κ2) is 7.41. The van der Waals surface area contributed by atoms with Crippen molar-refractivity contribution in [2.75, 3.05) is 20.1 Å². The van der Waals surface area contributed by atoms with E-state index >= 15 is 0 Å². The normalized spacial score (nSPS) is 14.5. The average molecular weight is 278 g/mol. The summed E-state index contributed by atoms with van der Waals surface area (Å²) in [4.78, 5) is 14.1. The Morgan fingerprint density at radius 3 is 2.35 bits per heavy atom. The van der Waals surface area contributed by atoms with Crippen molar-refractivity contribution in [3.8, 4) is 0 Å². The third-order valence-corrected chi connectivity index (χ3v) is 3.97. The summed E-state index contributed by atoms with van der Waals surface area (Å²) in [5, 5.41) is 12.7. The highest BCUT2D eigenvalue weighted by atomic mass is 16.4. The zero-order chi connectivity index (χ0) is 15.2. The third kappa shape index (κ3) is 3.58. The average Bonchev–Trinajstić information content (AvgIpc) is 2.44. The van der Waals surface area contributed by atoms with Crippen molar-refractivity contribution in [1.29, 1.82) is 0 Å². The lowest BCUT2D eigenvalue weighted by molar-refractivity contribution is -0.145. The molecule has 1 aromatic carbocycles. The van der Waals surface area contributed by atoms with Crippen LogP contribution in [0.5, 0.6) is 0 Å². The number of carboxylic acids is 1. The Kier molecular flexibility index (Phi) is 6.17. The minimum absolute atomic E-state index is 0.416. The van der Waals surface area contributed by atoms with Crippen molar-refractivity contribution in [3.63, 3.8) is 0 Å². The van der Waals surface area contributed by atoms with Crippen LogP contribution in [0, 0.1) is 0 Å². The van der Waals surface area contributed by atoms with Crippen LogP contribution in [0.2, 0.25) is 0 Å². The predicted octanol–water partition coefficient (Wildman–Crippen LogP) is 2.31. The topological polar surface area (TPSA) is 52.6 Å². The molecule has 0 aromatic heterocycles. The monoisotopic (exact) mass is 278 g/mol. The fraction of sp³-hybridized carbons (Fsp3) is 0.562. The molecule has 4 heteroatoms. The van der Waals surface area contributed by atoms with Gasteiger partial charge in [0, 0.05) is 12.6 Å². The van der Waals surface area contributed by atoms with Crippen LogP contribution in [-0.4, -0.2) is 42.2 Å². The van der Waals surface area contributed by atoms with Crippen molar-refractivity contribution in [2.24, 2.45) is 0 Å². The molecule has 1 rings (SSSR count). The lowest BCUT2D eigenvalue weighted by atomic mass is 9.86. The van der Waals surface area contributed by atoms with E-state index in [0.29, 0.717) is 12.5 Å². The Morgan fingerprint density at radius 2 is 1.95 bits per heavy atom. The summed E-state index contributed by atoms with van der Waals surface area (Å²) in [6, 6.07) is 9.82. The number of nitrogens with one attached hydrogen (secondary N) is 1. The molecule has 0 saturated carbocycles. The van der Waals surface area contributed by atoms with E-state index in [1.165, 1.54) is 0 Å². The van der Waals surface area contributed by atoms with Crippen LogP contribution in [0.1, 0.15) is 32.8 Å². The van der Waals surface area contributed by atoms with E-state index in [-0.39, 0.29) is 0 Å². The summed E-state index contributed by atoms with van der Waals surface area (Å²) >= 11 is 0. The van der Waals surface area contributed by atoms with Gasteiger partial charge < -0.3 is 15.3 Å². The first kappa shape index (κ1) is 16.7. The number of rotatable bonds is 8. The fourth-order valence-electron chi connectivity index (χ4n) is 2.57. The first-order chi connectivity index (χ1) is 9.47. The van der Waals surface area contributed by atoms with E-state index in [9.17, 15) is 9.90 Å². The van der Waals surface area contributed by atoms with Crippen LogP contribution >= 0.6 is 0 Å². The van der Waals surface area contributed by atoms with Gasteiger partial charge in [-0.05, 0) is 39.4 Å². The molecule has 0 fully saturated rings. The van der Waals surface area contributed by atoms with E-state index in [0.717, 1.165) is 18.7 Å². The van der Waals surface area contributed by atoms with Crippen LogP contribution in [-0.2, 0) is 10.3 Å². The summed E-state index contributed by atoms with van der Waals surface area (Å²) < 4.78 is 0. The molecule has 1 unspecified atom stereocenters. The summed E-state index contributed by atoms with van der Waals surface area (Å²) in [6.07, 6.45) is 0.537. The third-order valence-electron chi connectivity index (χ3n) is 3.97. The number of carbonyl (C=O) groups is 1. The molecule has 0 amide bonds. The number of hydrogen-bond acceptors (Lipinski definition) is 3. The van der Waals surface area contributed by atoms with Gasteiger partial charge in [0.15, 0.2) is 0 Å². The van der Waals surface area contributed by atoms with E-state index < -0.39 is 11.5 Å². The highest BCUT2D eigenvalue weighted by molar-refractivity contribution is 5.80. The molecule has 1 aromatic rings. The van der Waals surface area contributed by atoms with Crippen LogP contribution in [0.3, 0.4) is 0 Å². The molecular weight excluding hydrogens is 252 g/mol. The van der Waals surface area contributed by atoms with Gasteiger partial charge in [-0.1, -0.05) is 37.3 Å². The predicted molar refractivity (Wildman–Crippen MR) is 81.8 cm³/mol. The lowest BCUT2D eigenvalue weighted by Crippen LogP contribution is -2.50. The molecule has 0 heterocycles. The molecule has 112 valence electrons. The zero-order valence-corrected chi connectivity index (χ0v) is 12.9. The molecule has 0 radical (unpaired) electrons. The number of aliphatic carboxylic acids is 1. The maximum Gasteiger partial charge on any atom is 0.328 e. The lowest BCUT2D eigenvalue weighted by Gasteiger charge is -2.33. The SMILES string of the molecule is CCN(CCC(NC)(C(=O)O)c1ccccc1)C(C)C. The highest BCUT2D eigenvalue weighted by Gasteiger charge is 2.38. The molecule has 0 saturated heterocycles. The van der Waals surface area contributed by atoms with Gasteiger partial charge in [-0.15, -0.1) is 0 Å². The van der Waals surface area contributed by atoms with Gasteiger partial charge in [0.1, 0.15) is 5.54 Å². The maximum absolute atomic E-state index is 11.8. The number of nitrogens with zero attached hydrogens (tertiary/aromatic N) is 1. The van der Waals surface area contributed by atoms with Gasteiger partial charge in [-0.25, -0.2) is 4.79 Å². The van der Waals surface area contributed by atoms with Gasteiger partial charge >= 0.3 is 5.97 Å². The highest BCUT2D eigenvalue weighted by Crippen LogP contribution is 2.26. The van der Waals surface area contributed by atoms with E-state index in [1.54, 1.807) is 7.05 Å². The first-order valence-electron chi connectivity index (χ1n) is 7.19. The van der Waals surface area contributed by atoms with E-state index in [1.807, 2.05) is 30.3 Å². The molecule has 0 aliphatic rings. The smallest absolute Gasteiger partial charge is 0.328 e. The minimum atomic E-state index is -1.02. The Bertz CT molecular complexity index is 420. The van der Waals surface area contributed by atoms with Crippen molar-refractivity contribution < 1.29 is 9.90 Å². The minimum Gasteiger partial charge on any atom is -0.480 e. The second-order valence-corrected chi connectivity index (χ2v) is 5.30. The molecule has 2 N–H and O–H groups in total. The van der Waals surface area contributed by atoms with Crippen LogP contribution in [0.15, 0.2) is 30.3 Å². The standard InChI is InChI=1S/C16H26N2O2/c1-5-18(13(2)3)12-11-16(17-4,15(19)20)14-9-7-6-8-10-14/h6-10,13,17H,5,11-12H2,1-4H3,(H,19,20). The van der Waals surface area contributed by atoms with Gasteiger partial charge in [-0.2, -0.15) is 0 Å². The first-order valence-corrected chi connectivity index (χ1v) is 7.19. The Morgan fingerprint density at radius 1 is 1.35 bits per heavy atom. The maximum atomic E-state index is 11.8. The van der Waals surface area contributed by atoms with Crippen molar-refractivity contribution in [2.45, 2.75) is 38.8 Å². The van der Waals surface area contributed by atoms with Crippen LogP contribution in [0.25, 0.3) is 0 Å². The van der Waals surface area contributed by atoms with Crippen molar-refractivity contribution in [1.82, 2.24) is 10.2 Å². The number of benzene rings is 1. The van der Waals surface area contributed by atoms with Crippen LogP contribution in [0.4, 0.5) is 0 Å². The zero-order valence-electron chi connectivity index (χ0n) is 12.9. The van der Waals surface area contributed by atoms with E-state index in [4.69, 9.17) is 0 Å². The molecule has 0 aliphatic carbocycles. The number of likely N-dealkylation sites (N-methyl/N-ethyl adjacent to an activating group) is 1. The van der Waals surface area contributed by atoms with Gasteiger partial charge in [-0.3, -0.25) is 0 Å². The molecule has 0 spiro atoms. The van der Waals surface area contributed by atoms with Crippen LogP contribution < -0.4 is 5.32 Å². The van der Waals surface area contributed by atoms with Gasteiger partial charge in [0.2, 0.25) is 0 Å². The largest absolute Gasteiger partial charge is 0.480 e. The number of hydrogen-bond donors (Lipinski definition) is 2.